The van der Waals surface area contributed by atoms with Crippen molar-refractivity contribution in [1.29, 1.82) is 0 Å². The Hall–Kier alpha value is -4.46. The summed E-state index contributed by atoms with van der Waals surface area (Å²) in [6, 6.07) is 6.68. The number of benzene rings is 2. The number of ether oxygens (including phenoxy) is 2. The lowest BCUT2D eigenvalue weighted by Crippen LogP contribution is -2.34. The van der Waals surface area contributed by atoms with Crippen molar-refractivity contribution in [3.05, 3.63) is 75.9 Å². The quantitative estimate of drug-likeness (QED) is 0.471. The van der Waals surface area contributed by atoms with Crippen LogP contribution in [0, 0.1) is 0 Å². The number of hydrogen-bond donors (Lipinski definition) is 2. The second-order valence-electron chi connectivity index (χ2n) is 10.7. The van der Waals surface area contributed by atoms with Crippen molar-refractivity contribution in [2.24, 2.45) is 0 Å². The van der Waals surface area contributed by atoms with Crippen LogP contribution in [0.5, 0.6) is 11.5 Å². The fraction of sp³-hybridized carbons (Fsp3) is 0.267. The van der Waals surface area contributed by atoms with Crippen LogP contribution >= 0.6 is 0 Å². The highest BCUT2D eigenvalue weighted by molar-refractivity contribution is 6.51. The number of rotatable bonds is 0. The molecule has 2 heterocycles. The van der Waals surface area contributed by atoms with Crippen molar-refractivity contribution < 1.29 is 38.9 Å². The van der Waals surface area contributed by atoms with E-state index in [0.717, 1.165) is 24.1 Å². The Balaban J connectivity index is 0.000000155. The van der Waals surface area contributed by atoms with E-state index in [9.17, 15) is 29.4 Å². The summed E-state index contributed by atoms with van der Waals surface area (Å²) in [5.74, 6) is -1.72. The van der Waals surface area contributed by atoms with Crippen LogP contribution in [0.3, 0.4) is 0 Å². The molecule has 0 atom stereocenters. The summed E-state index contributed by atoms with van der Waals surface area (Å²) in [5.41, 5.74) is 1.86. The zero-order valence-corrected chi connectivity index (χ0v) is 21.4. The number of carbonyl (C=O) groups is 4. The van der Waals surface area contributed by atoms with Crippen molar-refractivity contribution in [3.63, 3.8) is 0 Å². The number of Topliss-reactive ketones (excluding diaryl/α,β-unsaturated/α-hetero) is 2. The van der Waals surface area contributed by atoms with Crippen LogP contribution in [0.1, 0.15) is 77.1 Å². The van der Waals surface area contributed by atoms with Crippen LogP contribution in [0.15, 0.2) is 42.5 Å². The van der Waals surface area contributed by atoms with E-state index in [1.165, 1.54) is 0 Å². The maximum absolute atomic E-state index is 12.0. The van der Waals surface area contributed by atoms with E-state index in [0.29, 0.717) is 40.2 Å². The molecular weight excluding hydrogens is 488 g/mol. The summed E-state index contributed by atoms with van der Waals surface area (Å²) in [6.45, 7) is 7.77. The minimum absolute atomic E-state index is 0.146. The summed E-state index contributed by atoms with van der Waals surface area (Å²) in [7, 11) is 0. The molecule has 0 spiro atoms. The first-order chi connectivity index (χ1) is 17.8. The minimum Gasteiger partial charge on any atom is -0.507 e. The molecule has 2 N–H and O–H groups in total. The van der Waals surface area contributed by atoms with Crippen molar-refractivity contribution in [2.75, 3.05) is 0 Å². The fourth-order valence-corrected chi connectivity index (χ4v) is 4.92. The van der Waals surface area contributed by atoms with Crippen LogP contribution in [-0.2, 0) is 16.0 Å². The number of fused-ring (bicyclic) bond motifs is 6. The molecule has 2 aliphatic heterocycles. The van der Waals surface area contributed by atoms with Gasteiger partial charge in [-0.2, -0.15) is 0 Å². The topological polar surface area (TPSA) is 127 Å². The smallest absolute Gasteiger partial charge is 0.234 e. The van der Waals surface area contributed by atoms with Gasteiger partial charge in [0.15, 0.2) is 0 Å². The molecular formula is C30H26O8. The molecule has 0 saturated carbocycles. The lowest BCUT2D eigenvalue weighted by Gasteiger charge is -2.34. The molecule has 0 radical (unpaired) electrons. The van der Waals surface area contributed by atoms with Crippen molar-refractivity contribution in [2.45, 2.75) is 51.7 Å². The summed E-state index contributed by atoms with van der Waals surface area (Å²) in [6.07, 6.45) is 6.95. The van der Waals surface area contributed by atoms with Gasteiger partial charge in [0, 0.05) is 45.5 Å². The molecule has 2 aromatic carbocycles. The molecule has 0 fully saturated rings. The Morgan fingerprint density at radius 3 is 1.92 bits per heavy atom. The van der Waals surface area contributed by atoms with Gasteiger partial charge < -0.3 is 19.7 Å². The molecule has 38 heavy (non-hydrogen) atoms. The Morgan fingerprint density at radius 1 is 0.737 bits per heavy atom. The summed E-state index contributed by atoms with van der Waals surface area (Å²) in [4.78, 5) is 47.1. The normalized spacial score (nSPS) is 19.8. The highest BCUT2D eigenvalue weighted by atomic mass is 16.5. The van der Waals surface area contributed by atoms with Crippen LogP contribution in [-0.4, -0.2) is 44.5 Å². The van der Waals surface area contributed by atoms with E-state index >= 15 is 0 Å². The van der Waals surface area contributed by atoms with E-state index in [4.69, 9.17) is 9.47 Å². The highest BCUT2D eigenvalue weighted by Crippen LogP contribution is 2.40. The average molecular weight is 515 g/mol. The van der Waals surface area contributed by atoms with Crippen LogP contribution in [0.4, 0.5) is 0 Å². The Kier molecular flexibility index (Phi) is 5.67. The van der Waals surface area contributed by atoms with Crippen molar-refractivity contribution in [1.82, 2.24) is 0 Å². The molecule has 2 aromatic rings. The predicted molar refractivity (Wildman–Crippen MR) is 140 cm³/mol. The van der Waals surface area contributed by atoms with Gasteiger partial charge in [-0.15, -0.1) is 0 Å². The first-order valence-corrected chi connectivity index (χ1v) is 12.2. The zero-order valence-electron chi connectivity index (χ0n) is 21.4. The second kappa shape index (κ2) is 8.55. The number of ketones is 4. The van der Waals surface area contributed by atoms with Crippen LogP contribution < -0.4 is 9.47 Å². The number of allylic oxidation sites excluding steroid dienone is 2. The van der Waals surface area contributed by atoms with Gasteiger partial charge in [0.2, 0.25) is 23.1 Å². The third-order valence-corrected chi connectivity index (χ3v) is 6.85. The van der Waals surface area contributed by atoms with Gasteiger partial charge in [0.25, 0.3) is 0 Å². The Bertz CT molecular complexity index is 1550. The van der Waals surface area contributed by atoms with Gasteiger partial charge in [-0.1, -0.05) is 6.08 Å². The Labute approximate surface area is 218 Å². The standard InChI is InChI=1S/C15H14O4.C15H12O4/c2*1-15(2)6-5-9-12(19-15)4-3-8-10(16)7-11(17)14(18)13(8)9/h3-4,7,16H,5-6H2,1-2H3;3-7,16H,1-2H3. The first-order valence-electron chi connectivity index (χ1n) is 12.2. The van der Waals surface area contributed by atoms with Gasteiger partial charge in [-0.3, -0.25) is 19.2 Å². The zero-order chi connectivity index (χ0) is 27.6. The highest BCUT2D eigenvalue weighted by Gasteiger charge is 2.35. The summed E-state index contributed by atoms with van der Waals surface area (Å²) < 4.78 is 11.6. The molecule has 0 unspecified atom stereocenters. The third-order valence-electron chi connectivity index (χ3n) is 6.85. The Morgan fingerprint density at radius 2 is 1.29 bits per heavy atom. The van der Waals surface area contributed by atoms with E-state index in [1.807, 2.05) is 33.8 Å². The van der Waals surface area contributed by atoms with E-state index < -0.39 is 28.7 Å². The van der Waals surface area contributed by atoms with E-state index in [-0.39, 0.29) is 22.7 Å². The van der Waals surface area contributed by atoms with Crippen LogP contribution in [0.2, 0.25) is 0 Å². The van der Waals surface area contributed by atoms with Crippen molar-refractivity contribution in [3.8, 4) is 11.5 Å². The molecule has 4 aliphatic rings. The molecule has 6 rings (SSSR count). The molecule has 8 heteroatoms. The van der Waals surface area contributed by atoms with Gasteiger partial charge in [0.05, 0.1) is 0 Å². The van der Waals surface area contributed by atoms with Gasteiger partial charge >= 0.3 is 0 Å². The monoisotopic (exact) mass is 514 g/mol. The lowest BCUT2D eigenvalue weighted by atomic mass is 9.84. The largest absolute Gasteiger partial charge is 0.507 e. The third kappa shape index (κ3) is 4.22. The predicted octanol–water partition coefficient (Wildman–Crippen LogP) is 4.99. The average Bonchev–Trinajstić information content (AvgIpc) is 2.84. The molecule has 2 aliphatic carbocycles. The molecule has 0 bridgehead atoms. The number of aliphatic hydroxyl groups is 2. The molecule has 194 valence electrons. The number of aliphatic hydroxyl groups excluding tert-OH is 2. The first kappa shape index (κ1) is 25.2. The van der Waals surface area contributed by atoms with Crippen molar-refractivity contribution >= 4 is 40.7 Å². The summed E-state index contributed by atoms with van der Waals surface area (Å²) >= 11 is 0. The molecule has 0 amide bonds. The maximum Gasteiger partial charge on any atom is 0.234 e. The van der Waals surface area contributed by atoms with E-state index in [2.05, 4.69) is 0 Å². The van der Waals surface area contributed by atoms with Gasteiger partial charge in [-0.25, -0.2) is 0 Å². The molecule has 0 saturated heterocycles. The maximum atomic E-state index is 12.0. The molecule has 8 nitrogen and oxygen atoms in total. The lowest BCUT2D eigenvalue weighted by molar-refractivity contribution is -0.111. The molecule has 0 aromatic heterocycles. The number of carbonyl (C=O) groups excluding carboxylic acids is 4. The second-order valence-corrected chi connectivity index (χ2v) is 10.7. The van der Waals surface area contributed by atoms with Gasteiger partial charge in [0.1, 0.15) is 34.2 Å². The van der Waals surface area contributed by atoms with Gasteiger partial charge in [-0.05, 0) is 70.9 Å². The van der Waals surface area contributed by atoms with Crippen LogP contribution in [0.25, 0.3) is 17.6 Å². The number of hydrogen-bond acceptors (Lipinski definition) is 8. The van der Waals surface area contributed by atoms with E-state index in [1.54, 1.807) is 30.3 Å². The summed E-state index contributed by atoms with van der Waals surface area (Å²) in [5, 5.41) is 19.6. The minimum atomic E-state index is -0.711. The fourth-order valence-electron chi connectivity index (χ4n) is 4.92. The SMILES string of the molecule is CC1(C)C=Cc2c(ccc3c2C(=O)C(=O)C=C3O)O1.CC1(C)CCc2c(ccc3c2C(=O)C(=O)C=C3O)O1.